The molecule has 0 heterocycles. The zero-order valence-corrected chi connectivity index (χ0v) is 20.1. The summed E-state index contributed by atoms with van der Waals surface area (Å²) in [5.41, 5.74) is 6.31. The third-order valence-electron chi connectivity index (χ3n) is 10.9. The number of fused-ring (bicyclic) bond motifs is 5. The Balaban J connectivity index is 1.61. The van der Waals surface area contributed by atoms with Crippen LogP contribution >= 0.6 is 0 Å². The van der Waals surface area contributed by atoms with Crippen LogP contribution in [0.4, 0.5) is 0 Å². The summed E-state index contributed by atoms with van der Waals surface area (Å²) >= 11 is 0. The molecular weight excluding hydrogens is 390 g/mol. The molecule has 178 valence electrons. The van der Waals surface area contributed by atoms with Crippen LogP contribution < -0.4 is 5.73 Å². The summed E-state index contributed by atoms with van der Waals surface area (Å²) in [6.07, 6.45) is 8.87. The zero-order valence-electron chi connectivity index (χ0n) is 20.1. The van der Waals surface area contributed by atoms with Crippen LogP contribution in [0.15, 0.2) is 0 Å². The molecule has 0 aromatic heterocycles. The van der Waals surface area contributed by atoms with Crippen molar-refractivity contribution in [1.29, 1.82) is 0 Å². The quantitative estimate of drug-likeness (QED) is 0.583. The number of carbonyl (C=O) groups is 1. The van der Waals surface area contributed by atoms with Crippen molar-refractivity contribution in [3.63, 3.8) is 0 Å². The standard InChI is InChI=1S/C26H45NO4/c1-15(8-9-23(30)31-4)18-6-5-7-19-24-20(14-22(29)26(18,19)3)25(2)11-10-17(27)12-16(25)13-21(24)28/h15-22,24,28-29H,5-14,27H2,1-4H3. The molecule has 0 radical (unpaired) electrons. The number of nitrogens with two attached hydrogens (primary N) is 1. The van der Waals surface area contributed by atoms with Crippen LogP contribution in [0.25, 0.3) is 0 Å². The first kappa shape index (κ1) is 23.5. The first-order valence-electron chi connectivity index (χ1n) is 12.8. The monoisotopic (exact) mass is 435 g/mol. The SMILES string of the molecule is COC(=O)CCC(C)C1CCCC2C3C(O)CC4CC(N)CCC4(C)C3CC(O)C12C. The fourth-order valence-corrected chi connectivity index (χ4v) is 9.03. The second kappa shape index (κ2) is 8.61. The predicted octanol–water partition coefficient (Wildman–Crippen LogP) is 3.89. The van der Waals surface area contributed by atoms with Crippen LogP contribution in [0.5, 0.6) is 0 Å². The highest BCUT2D eigenvalue weighted by Gasteiger charge is 2.64. The molecule has 4 aliphatic carbocycles. The van der Waals surface area contributed by atoms with Crippen LogP contribution in [-0.4, -0.2) is 41.5 Å². The van der Waals surface area contributed by atoms with Gasteiger partial charge in [-0.1, -0.05) is 27.2 Å². The molecule has 4 aliphatic rings. The Labute approximate surface area is 188 Å². The van der Waals surface area contributed by atoms with Gasteiger partial charge in [0.1, 0.15) is 0 Å². The lowest BCUT2D eigenvalue weighted by atomic mass is 9.39. The smallest absolute Gasteiger partial charge is 0.305 e. The van der Waals surface area contributed by atoms with Gasteiger partial charge in [0.25, 0.3) is 0 Å². The Morgan fingerprint density at radius 2 is 1.87 bits per heavy atom. The number of carbonyl (C=O) groups excluding carboxylic acids is 1. The van der Waals surface area contributed by atoms with Crippen molar-refractivity contribution in [2.45, 2.75) is 103 Å². The summed E-state index contributed by atoms with van der Waals surface area (Å²) in [6.45, 7) is 6.98. The second-order valence-electron chi connectivity index (χ2n) is 12.1. The van der Waals surface area contributed by atoms with E-state index in [1.165, 1.54) is 7.11 Å². The fourth-order valence-electron chi connectivity index (χ4n) is 9.03. The van der Waals surface area contributed by atoms with E-state index in [4.69, 9.17) is 10.5 Å². The number of hydrogen-bond donors (Lipinski definition) is 3. The van der Waals surface area contributed by atoms with E-state index in [2.05, 4.69) is 20.8 Å². The van der Waals surface area contributed by atoms with Crippen molar-refractivity contribution in [3.05, 3.63) is 0 Å². The van der Waals surface area contributed by atoms with Crippen molar-refractivity contribution < 1.29 is 19.7 Å². The molecule has 5 heteroatoms. The van der Waals surface area contributed by atoms with Gasteiger partial charge in [0.2, 0.25) is 0 Å². The van der Waals surface area contributed by atoms with Crippen LogP contribution in [0.3, 0.4) is 0 Å². The lowest BCUT2D eigenvalue weighted by Crippen LogP contribution is -2.65. The van der Waals surface area contributed by atoms with Crippen LogP contribution in [0.2, 0.25) is 0 Å². The third-order valence-corrected chi connectivity index (χ3v) is 10.9. The Morgan fingerprint density at radius 1 is 1.13 bits per heavy atom. The molecule has 4 rings (SSSR count). The van der Waals surface area contributed by atoms with E-state index in [0.717, 1.165) is 57.8 Å². The summed E-state index contributed by atoms with van der Waals surface area (Å²) in [5, 5.41) is 23.1. The molecule has 11 atom stereocenters. The van der Waals surface area contributed by atoms with Gasteiger partial charge in [-0.05, 0) is 97.7 Å². The Hall–Kier alpha value is -0.650. The molecule has 4 saturated carbocycles. The minimum atomic E-state index is -0.344. The summed E-state index contributed by atoms with van der Waals surface area (Å²) in [6, 6.07) is 0.260. The summed E-state index contributed by atoms with van der Waals surface area (Å²) in [7, 11) is 1.45. The van der Waals surface area contributed by atoms with Gasteiger partial charge in [-0.25, -0.2) is 0 Å². The lowest BCUT2D eigenvalue weighted by Gasteiger charge is -2.66. The van der Waals surface area contributed by atoms with Gasteiger partial charge in [-0.2, -0.15) is 0 Å². The topological polar surface area (TPSA) is 92.8 Å². The van der Waals surface area contributed by atoms with Gasteiger partial charge in [-0.15, -0.1) is 0 Å². The molecule has 4 N–H and O–H groups in total. The lowest BCUT2D eigenvalue weighted by molar-refractivity contribution is -0.228. The highest BCUT2D eigenvalue weighted by molar-refractivity contribution is 5.69. The van der Waals surface area contributed by atoms with Gasteiger partial charge in [0.15, 0.2) is 0 Å². The van der Waals surface area contributed by atoms with E-state index in [9.17, 15) is 15.0 Å². The van der Waals surface area contributed by atoms with Crippen LogP contribution in [0.1, 0.15) is 85.0 Å². The molecule has 0 aliphatic heterocycles. The molecule has 0 bridgehead atoms. The number of hydrogen-bond acceptors (Lipinski definition) is 5. The molecule has 5 nitrogen and oxygen atoms in total. The van der Waals surface area contributed by atoms with Crippen molar-refractivity contribution in [2.24, 2.45) is 52.1 Å². The molecule has 0 aromatic carbocycles. The van der Waals surface area contributed by atoms with E-state index in [1.807, 2.05) is 0 Å². The Kier molecular flexibility index (Phi) is 6.53. The number of aliphatic hydroxyl groups excluding tert-OH is 2. The highest BCUT2D eigenvalue weighted by atomic mass is 16.5. The van der Waals surface area contributed by atoms with E-state index >= 15 is 0 Å². The maximum atomic E-state index is 11.7. The second-order valence-corrected chi connectivity index (χ2v) is 12.1. The van der Waals surface area contributed by atoms with Gasteiger partial charge in [0, 0.05) is 12.5 Å². The molecular formula is C26H45NO4. The Bertz CT molecular complexity index is 670. The molecule has 0 amide bonds. The average molecular weight is 436 g/mol. The first-order chi connectivity index (χ1) is 14.6. The van der Waals surface area contributed by atoms with Gasteiger partial charge < -0.3 is 20.7 Å². The fraction of sp³-hybridized carbons (Fsp3) is 0.962. The summed E-state index contributed by atoms with van der Waals surface area (Å²) in [4.78, 5) is 11.7. The van der Waals surface area contributed by atoms with E-state index in [-0.39, 0.29) is 41.0 Å². The molecule has 11 unspecified atom stereocenters. The zero-order chi connectivity index (χ0) is 22.6. The molecule has 4 fully saturated rings. The third kappa shape index (κ3) is 3.77. The van der Waals surface area contributed by atoms with Crippen LogP contribution in [-0.2, 0) is 9.53 Å². The number of esters is 1. The van der Waals surface area contributed by atoms with Gasteiger partial charge >= 0.3 is 5.97 Å². The van der Waals surface area contributed by atoms with Crippen molar-refractivity contribution in [1.82, 2.24) is 0 Å². The normalized spacial score (nSPS) is 50.5. The minimum absolute atomic E-state index is 0.147. The molecule has 31 heavy (non-hydrogen) atoms. The van der Waals surface area contributed by atoms with E-state index in [0.29, 0.717) is 36.0 Å². The van der Waals surface area contributed by atoms with Gasteiger partial charge in [0.05, 0.1) is 19.3 Å². The maximum absolute atomic E-state index is 11.7. The first-order valence-corrected chi connectivity index (χ1v) is 12.8. The maximum Gasteiger partial charge on any atom is 0.305 e. The van der Waals surface area contributed by atoms with E-state index < -0.39 is 0 Å². The summed E-state index contributed by atoms with van der Waals surface area (Å²) in [5.74, 6) is 2.07. The highest BCUT2D eigenvalue weighted by Crippen LogP contribution is 2.67. The number of ether oxygens (including phenoxy) is 1. The van der Waals surface area contributed by atoms with Crippen LogP contribution in [0, 0.1) is 46.3 Å². The number of rotatable bonds is 4. The largest absolute Gasteiger partial charge is 0.469 e. The predicted molar refractivity (Wildman–Crippen MR) is 121 cm³/mol. The average Bonchev–Trinajstić information content (AvgIpc) is 2.73. The minimum Gasteiger partial charge on any atom is -0.469 e. The molecule has 0 aromatic rings. The van der Waals surface area contributed by atoms with E-state index in [1.54, 1.807) is 0 Å². The Morgan fingerprint density at radius 3 is 2.58 bits per heavy atom. The number of aliphatic hydroxyl groups is 2. The van der Waals surface area contributed by atoms with Crippen molar-refractivity contribution in [2.75, 3.05) is 7.11 Å². The van der Waals surface area contributed by atoms with Crippen molar-refractivity contribution in [3.8, 4) is 0 Å². The van der Waals surface area contributed by atoms with Crippen molar-refractivity contribution >= 4 is 5.97 Å². The molecule has 0 saturated heterocycles. The van der Waals surface area contributed by atoms with Gasteiger partial charge in [-0.3, -0.25) is 4.79 Å². The molecule has 0 spiro atoms. The number of methoxy groups -OCH3 is 1. The summed E-state index contributed by atoms with van der Waals surface area (Å²) < 4.78 is 4.86.